The summed E-state index contributed by atoms with van der Waals surface area (Å²) in [5, 5.41) is 12.5. The normalized spacial score (nSPS) is 12.4. The van der Waals surface area contributed by atoms with Crippen LogP contribution in [0.1, 0.15) is 40.0 Å². The fraction of sp³-hybridized carbons (Fsp3) is 0.100. The second-order valence-electron chi connectivity index (χ2n) is 9.34. The minimum absolute atomic E-state index is 0.128. The molecule has 0 aliphatic heterocycles. The number of carbonyl (C=O) groups excluding carboxylic acids is 1. The van der Waals surface area contributed by atoms with Gasteiger partial charge in [-0.3, -0.25) is 9.48 Å². The van der Waals surface area contributed by atoms with Gasteiger partial charge in [0, 0.05) is 53.3 Å². The second-order valence-corrected chi connectivity index (χ2v) is 9.34. The molecule has 2 aromatic carbocycles. The van der Waals surface area contributed by atoms with Crippen LogP contribution in [0.15, 0.2) is 85.5 Å². The monoisotopic (exact) mass is 514 g/mol. The summed E-state index contributed by atoms with van der Waals surface area (Å²) in [4.78, 5) is 22.8. The first kappa shape index (κ1) is 24.1. The molecule has 1 atom stereocenters. The Morgan fingerprint density at radius 3 is 2.72 bits per heavy atom. The van der Waals surface area contributed by atoms with Crippen molar-refractivity contribution in [2.45, 2.75) is 13.0 Å². The molecule has 4 heterocycles. The highest BCUT2D eigenvalue weighted by molar-refractivity contribution is 6.04. The predicted molar refractivity (Wildman–Crippen MR) is 153 cm³/mol. The van der Waals surface area contributed by atoms with Crippen LogP contribution in [-0.4, -0.2) is 35.3 Å². The number of nitrogens with zero attached hydrogens (tertiary/aromatic N) is 6. The Hall–Kier alpha value is -5.31. The van der Waals surface area contributed by atoms with Crippen molar-refractivity contribution in [3.05, 3.63) is 108 Å². The highest BCUT2D eigenvalue weighted by Gasteiger charge is 2.23. The van der Waals surface area contributed by atoms with E-state index in [4.69, 9.17) is 10.7 Å². The van der Waals surface area contributed by atoms with Crippen LogP contribution < -0.4 is 11.1 Å². The van der Waals surface area contributed by atoms with E-state index < -0.39 is 0 Å². The van der Waals surface area contributed by atoms with Crippen LogP contribution in [0.25, 0.3) is 40.0 Å². The molecular formula is C30H26N8O. The zero-order valence-corrected chi connectivity index (χ0v) is 21.5. The van der Waals surface area contributed by atoms with E-state index in [1.807, 2.05) is 87.0 Å². The van der Waals surface area contributed by atoms with E-state index in [-0.39, 0.29) is 23.3 Å². The maximum Gasteiger partial charge on any atom is 0.259 e. The Balaban J connectivity index is 1.42. The molecule has 4 aromatic heterocycles. The van der Waals surface area contributed by atoms with Crippen molar-refractivity contribution in [3.63, 3.8) is 0 Å². The second kappa shape index (κ2) is 9.86. The van der Waals surface area contributed by atoms with Crippen molar-refractivity contribution >= 4 is 40.4 Å². The number of nitrogen functional groups attached to an aromatic ring is 1. The van der Waals surface area contributed by atoms with Crippen LogP contribution in [0.3, 0.4) is 0 Å². The highest BCUT2D eigenvalue weighted by Crippen LogP contribution is 2.32. The van der Waals surface area contributed by atoms with Gasteiger partial charge >= 0.3 is 0 Å². The molecule has 3 N–H and O–H groups in total. The molecule has 0 saturated carbocycles. The summed E-state index contributed by atoms with van der Waals surface area (Å²) >= 11 is 0. The molecule has 0 radical (unpaired) electrons. The number of aromatic nitrogens is 6. The number of carbonyl (C=O) groups is 1. The van der Waals surface area contributed by atoms with E-state index >= 15 is 0 Å². The maximum atomic E-state index is 13.4. The molecule has 6 rings (SSSR count). The summed E-state index contributed by atoms with van der Waals surface area (Å²) < 4.78 is 3.27. The summed E-state index contributed by atoms with van der Waals surface area (Å²) in [6, 6.07) is 19.5. The molecule has 1 amide bonds. The maximum absolute atomic E-state index is 13.4. The van der Waals surface area contributed by atoms with Crippen LogP contribution in [0.2, 0.25) is 0 Å². The Labute approximate surface area is 224 Å². The molecule has 39 heavy (non-hydrogen) atoms. The van der Waals surface area contributed by atoms with Gasteiger partial charge in [-0.25, -0.2) is 14.5 Å². The SMILES string of the molecule is C[C@@H](NC(=O)c1c(N)nn2cccnc12)c1cc2cccc(/C=C/c3cnn(C)c3)c2nc1-c1ccccc1. The minimum Gasteiger partial charge on any atom is -0.381 e. The van der Waals surface area contributed by atoms with E-state index in [1.54, 1.807) is 23.1 Å². The first-order valence-corrected chi connectivity index (χ1v) is 12.5. The van der Waals surface area contributed by atoms with Gasteiger partial charge in [0.25, 0.3) is 5.91 Å². The number of nitrogens with two attached hydrogens (primary N) is 1. The van der Waals surface area contributed by atoms with Crippen LogP contribution in [0.5, 0.6) is 0 Å². The number of benzene rings is 2. The molecule has 0 unspecified atom stereocenters. The first-order valence-electron chi connectivity index (χ1n) is 12.5. The van der Waals surface area contributed by atoms with Gasteiger partial charge in [-0.15, -0.1) is 5.10 Å². The Bertz CT molecular complexity index is 1850. The smallest absolute Gasteiger partial charge is 0.259 e. The minimum atomic E-state index is -0.378. The van der Waals surface area contributed by atoms with Gasteiger partial charge in [0.05, 0.1) is 23.4 Å². The lowest BCUT2D eigenvalue weighted by Crippen LogP contribution is -2.28. The van der Waals surface area contributed by atoms with Crippen LogP contribution in [0.4, 0.5) is 5.82 Å². The number of hydrogen-bond donors (Lipinski definition) is 2. The Kier molecular flexibility index (Phi) is 6.08. The quantitative estimate of drug-likeness (QED) is 0.326. The average Bonchev–Trinajstić information content (AvgIpc) is 3.52. The molecule has 192 valence electrons. The third-order valence-corrected chi connectivity index (χ3v) is 6.60. The van der Waals surface area contributed by atoms with E-state index in [9.17, 15) is 4.79 Å². The molecule has 9 nitrogen and oxygen atoms in total. The number of fused-ring (bicyclic) bond motifs is 2. The number of pyridine rings is 1. The van der Waals surface area contributed by atoms with Gasteiger partial charge in [-0.1, -0.05) is 60.7 Å². The summed E-state index contributed by atoms with van der Waals surface area (Å²) in [6.45, 7) is 1.94. The third kappa shape index (κ3) is 4.61. The van der Waals surface area contributed by atoms with Crippen molar-refractivity contribution in [3.8, 4) is 11.3 Å². The molecule has 0 spiro atoms. The van der Waals surface area contributed by atoms with Gasteiger partial charge in [0.2, 0.25) is 0 Å². The number of para-hydroxylation sites is 1. The van der Waals surface area contributed by atoms with Crippen molar-refractivity contribution in [1.29, 1.82) is 0 Å². The number of rotatable bonds is 6. The zero-order chi connectivity index (χ0) is 26.9. The van der Waals surface area contributed by atoms with Crippen LogP contribution in [-0.2, 0) is 7.05 Å². The number of aryl methyl sites for hydroxylation is 1. The molecule has 0 saturated heterocycles. The first-order chi connectivity index (χ1) is 19.0. The molecule has 0 aliphatic rings. The number of nitrogens with one attached hydrogen (secondary N) is 1. The fourth-order valence-electron chi connectivity index (χ4n) is 4.71. The van der Waals surface area contributed by atoms with Crippen LogP contribution >= 0.6 is 0 Å². The standard InChI is InChI=1S/C30H26N8O/c1-19(34-30(39)25-28(31)36-38-15-7-14-32-29(25)38)24-16-23-11-6-10-22(13-12-20-17-33-37(2)18-20)26(23)35-27(24)21-8-4-3-5-9-21/h3-19H,1-2H3,(H2,31,36)(H,34,39)/b13-12+/t19-/m1/s1. The van der Waals surface area contributed by atoms with Gasteiger partial charge in [-0.05, 0) is 19.1 Å². The topological polar surface area (TPSA) is 116 Å². The average molecular weight is 515 g/mol. The van der Waals surface area contributed by atoms with Crippen LogP contribution in [0, 0.1) is 0 Å². The summed E-state index contributed by atoms with van der Waals surface area (Å²) in [5.41, 5.74) is 12.3. The third-order valence-electron chi connectivity index (χ3n) is 6.60. The lowest BCUT2D eigenvalue weighted by atomic mass is 9.97. The largest absolute Gasteiger partial charge is 0.381 e. The summed E-state index contributed by atoms with van der Waals surface area (Å²) in [6.07, 6.45) is 11.2. The van der Waals surface area contributed by atoms with E-state index in [0.29, 0.717) is 5.65 Å². The lowest BCUT2D eigenvalue weighted by molar-refractivity contribution is 0.0942. The van der Waals surface area contributed by atoms with Gasteiger partial charge in [0.15, 0.2) is 11.5 Å². The zero-order valence-electron chi connectivity index (χ0n) is 21.5. The Morgan fingerprint density at radius 1 is 1.08 bits per heavy atom. The number of anilines is 1. The lowest BCUT2D eigenvalue weighted by Gasteiger charge is -2.19. The molecule has 9 heteroatoms. The molecule has 6 aromatic rings. The van der Waals surface area contributed by atoms with Gasteiger partial charge in [0.1, 0.15) is 5.56 Å². The number of hydrogen-bond acceptors (Lipinski definition) is 6. The summed E-state index contributed by atoms with van der Waals surface area (Å²) in [5.74, 6) is -0.218. The van der Waals surface area contributed by atoms with E-state index in [2.05, 4.69) is 26.6 Å². The molecular weight excluding hydrogens is 488 g/mol. The molecule has 0 aliphatic carbocycles. The van der Waals surface area contributed by atoms with Crippen molar-refractivity contribution in [1.82, 2.24) is 34.7 Å². The molecule has 0 bridgehead atoms. The molecule has 0 fully saturated rings. The van der Waals surface area contributed by atoms with Gasteiger partial charge in [-0.2, -0.15) is 5.10 Å². The fourth-order valence-corrected chi connectivity index (χ4v) is 4.71. The van der Waals surface area contributed by atoms with Gasteiger partial charge < -0.3 is 11.1 Å². The van der Waals surface area contributed by atoms with Crippen molar-refractivity contribution < 1.29 is 4.79 Å². The number of amides is 1. The van der Waals surface area contributed by atoms with Crippen molar-refractivity contribution in [2.24, 2.45) is 7.05 Å². The van der Waals surface area contributed by atoms with Crippen molar-refractivity contribution in [2.75, 3.05) is 5.73 Å². The highest BCUT2D eigenvalue weighted by atomic mass is 16.1. The van der Waals surface area contributed by atoms with E-state index in [1.165, 1.54) is 4.52 Å². The van der Waals surface area contributed by atoms with E-state index in [0.717, 1.165) is 38.9 Å². The summed E-state index contributed by atoms with van der Waals surface area (Å²) in [7, 11) is 1.89. The predicted octanol–water partition coefficient (Wildman–Crippen LogP) is 4.92. The Morgan fingerprint density at radius 2 is 1.92 bits per heavy atom.